The largest absolute Gasteiger partial charge is 0.300 e. The Morgan fingerprint density at radius 2 is 2.05 bits per heavy atom. The predicted molar refractivity (Wildman–Crippen MR) is 70.0 cm³/mol. The summed E-state index contributed by atoms with van der Waals surface area (Å²) in [6.45, 7) is 0. The van der Waals surface area contributed by atoms with Crippen LogP contribution in [0.25, 0.3) is 11.4 Å². The molecule has 20 heavy (non-hydrogen) atoms. The molecule has 1 unspecified atom stereocenters. The second-order valence-electron chi connectivity index (χ2n) is 4.79. The Labute approximate surface area is 114 Å². The molecule has 1 aliphatic carbocycles. The van der Waals surface area contributed by atoms with E-state index in [0.29, 0.717) is 18.7 Å². The molecule has 0 spiro atoms. The molecule has 0 saturated heterocycles. The molecule has 1 heterocycles. The van der Waals surface area contributed by atoms with Crippen molar-refractivity contribution in [1.82, 2.24) is 14.8 Å². The second kappa shape index (κ2) is 4.84. The van der Waals surface area contributed by atoms with Gasteiger partial charge < -0.3 is 0 Å². The van der Waals surface area contributed by atoms with E-state index in [1.54, 1.807) is 23.1 Å². The Hall–Kier alpha value is -2.57. The minimum atomic E-state index is -0.444. The molecule has 0 bridgehead atoms. The van der Waals surface area contributed by atoms with Crippen molar-refractivity contribution in [2.24, 2.45) is 0 Å². The monoisotopic (exact) mass is 272 g/mol. The zero-order chi connectivity index (χ0) is 14.1. The minimum Gasteiger partial charge on any atom is -0.300 e. The van der Waals surface area contributed by atoms with Gasteiger partial charge in [0.25, 0.3) is 5.69 Å². The number of nitrogens with zero attached hydrogens (tertiary/aromatic N) is 4. The first-order valence-electron chi connectivity index (χ1n) is 6.31. The van der Waals surface area contributed by atoms with Crippen LogP contribution in [0.4, 0.5) is 5.69 Å². The summed E-state index contributed by atoms with van der Waals surface area (Å²) < 4.78 is 1.71. The van der Waals surface area contributed by atoms with Gasteiger partial charge in [-0.1, -0.05) is 0 Å². The summed E-state index contributed by atoms with van der Waals surface area (Å²) in [4.78, 5) is 25.6. The van der Waals surface area contributed by atoms with E-state index in [1.165, 1.54) is 12.1 Å². The van der Waals surface area contributed by atoms with Crippen molar-refractivity contribution in [1.29, 1.82) is 0 Å². The number of hydrogen-bond donors (Lipinski definition) is 0. The molecule has 1 fully saturated rings. The van der Waals surface area contributed by atoms with Crippen molar-refractivity contribution in [2.75, 3.05) is 0 Å². The van der Waals surface area contributed by atoms with Crippen LogP contribution in [0.3, 0.4) is 0 Å². The average molecular weight is 272 g/mol. The first kappa shape index (κ1) is 12.5. The summed E-state index contributed by atoms with van der Waals surface area (Å²) >= 11 is 0. The van der Waals surface area contributed by atoms with Crippen molar-refractivity contribution < 1.29 is 9.72 Å². The Morgan fingerprint density at radius 3 is 2.65 bits per heavy atom. The summed E-state index contributed by atoms with van der Waals surface area (Å²) in [7, 11) is 0. The second-order valence-corrected chi connectivity index (χ2v) is 4.79. The molecule has 1 atom stereocenters. The summed E-state index contributed by atoms with van der Waals surface area (Å²) in [6.07, 6.45) is 3.50. The fraction of sp³-hybridized carbons (Fsp3) is 0.308. The first-order valence-corrected chi connectivity index (χ1v) is 6.31. The quantitative estimate of drug-likeness (QED) is 0.630. The van der Waals surface area contributed by atoms with Gasteiger partial charge in [-0.05, 0) is 18.6 Å². The number of carbonyl (C=O) groups excluding carboxylic acids is 1. The molecule has 3 rings (SSSR count). The number of carbonyl (C=O) groups is 1. The minimum absolute atomic E-state index is 0.0366. The fourth-order valence-electron chi connectivity index (χ4n) is 2.34. The summed E-state index contributed by atoms with van der Waals surface area (Å²) in [5, 5.41) is 15.0. The van der Waals surface area contributed by atoms with E-state index in [1.807, 2.05) is 0 Å². The van der Waals surface area contributed by atoms with E-state index >= 15 is 0 Å². The van der Waals surface area contributed by atoms with E-state index in [4.69, 9.17) is 0 Å². The summed E-state index contributed by atoms with van der Waals surface area (Å²) in [5.74, 6) is 0.765. The van der Waals surface area contributed by atoms with Crippen LogP contribution in [0, 0.1) is 10.1 Å². The molecule has 1 aromatic heterocycles. The summed E-state index contributed by atoms with van der Waals surface area (Å²) in [6, 6.07) is 6.18. The van der Waals surface area contributed by atoms with Crippen LogP contribution in [-0.4, -0.2) is 25.5 Å². The highest BCUT2D eigenvalue weighted by Crippen LogP contribution is 2.27. The highest BCUT2D eigenvalue weighted by Gasteiger charge is 2.24. The van der Waals surface area contributed by atoms with Crippen molar-refractivity contribution in [3.8, 4) is 11.4 Å². The van der Waals surface area contributed by atoms with E-state index < -0.39 is 4.92 Å². The molecular weight excluding hydrogens is 260 g/mol. The average Bonchev–Trinajstić information content (AvgIpc) is 3.07. The smallest absolute Gasteiger partial charge is 0.269 e. The Balaban J connectivity index is 1.82. The molecule has 0 N–H and O–H groups in total. The van der Waals surface area contributed by atoms with Crippen molar-refractivity contribution in [2.45, 2.75) is 25.3 Å². The molecule has 0 radical (unpaired) electrons. The lowest BCUT2D eigenvalue weighted by molar-refractivity contribution is -0.384. The van der Waals surface area contributed by atoms with Crippen LogP contribution in [0.1, 0.15) is 25.3 Å². The van der Waals surface area contributed by atoms with E-state index in [0.717, 1.165) is 12.0 Å². The van der Waals surface area contributed by atoms with Crippen LogP contribution >= 0.6 is 0 Å². The van der Waals surface area contributed by atoms with Crippen LogP contribution in [-0.2, 0) is 4.79 Å². The Kier molecular flexibility index (Phi) is 3.02. The number of nitro benzene ring substituents is 1. The molecular formula is C13H12N4O3. The SMILES string of the molecule is O=C1CCC(n2cnc(-c3ccc([N+](=O)[O-])cc3)n2)C1. The molecule has 0 aliphatic heterocycles. The fourth-order valence-corrected chi connectivity index (χ4v) is 2.34. The number of benzene rings is 1. The first-order chi connectivity index (χ1) is 9.63. The lowest BCUT2D eigenvalue weighted by Crippen LogP contribution is -2.06. The number of rotatable bonds is 3. The van der Waals surface area contributed by atoms with Crippen LogP contribution < -0.4 is 0 Å². The van der Waals surface area contributed by atoms with Crippen LogP contribution in [0.15, 0.2) is 30.6 Å². The number of non-ortho nitro benzene ring substituents is 1. The van der Waals surface area contributed by atoms with Crippen molar-refractivity contribution in [3.63, 3.8) is 0 Å². The molecule has 102 valence electrons. The maximum Gasteiger partial charge on any atom is 0.269 e. The zero-order valence-corrected chi connectivity index (χ0v) is 10.6. The summed E-state index contributed by atoms with van der Waals surface area (Å²) in [5.41, 5.74) is 0.758. The van der Waals surface area contributed by atoms with Gasteiger partial charge in [-0.2, -0.15) is 5.10 Å². The van der Waals surface area contributed by atoms with Crippen LogP contribution in [0.5, 0.6) is 0 Å². The highest BCUT2D eigenvalue weighted by atomic mass is 16.6. The zero-order valence-electron chi connectivity index (χ0n) is 10.6. The molecule has 7 heteroatoms. The van der Waals surface area contributed by atoms with Gasteiger partial charge in [-0.15, -0.1) is 0 Å². The Morgan fingerprint density at radius 1 is 1.30 bits per heavy atom. The lowest BCUT2D eigenvalue weighted by Gasteiger charge is -2.06. The maximum absolute atomic E-state index is 11.3. The Bertz CT molecular complexity index is 663. The number of aromatic nitrogens is 3. The third kappa shape index (κ3) is 2.29. The maximum atomic E-state index is 11.3. The van der Waals surface area contributed by atoms with Gasteiger partial charge in [0.15, 0.2) is 5.82 Å². The third-order valence-electron chi connectivity index (χ3n) is 3.44. The number of ketones is 1. The molecule has 0 amide bonds. The molecule has 1 aromatic carbocycles. The van der Waals surface area contributed by atoms with Gasteiger partial charge in [0, 0.05) is 30.5 Å². The third-order valence-corrected chi connectivity index (χ3v) is 3.44. The molecule has 1 saturated carbocycles. The molecule has 7 nitrogen and oxygen atoms in total. The topological polar surface area (TPSA) is 90.9 Å². The van der Waals surface area contributed by atoms with E-state index in [9.17, 15) is 14.9 Å². The number of nitro groups is 1. The lowest BCUT2D eigenvalue weighted by atomic mass is 10.2. The van der Waals surface area contributed by atoms with Gasteiger partial charge in [-0.25, -0.2) is 9.67 Å². The van der Waals surface area contributed by atoms with Gasteiger partial charge in [0.1, 0.15) is 12.1 Å². The van der Waals surface area contributed by atoms with Crippen molar-refractivity contribution in [3.05, 3.63) is 40.7 Å². The van der Waals surface area contributed by atoms with Crippen LogP contribution in [0.2, 0.25) is 0 Å². The van der Waals surface area contributed by atoms with E-state index in [2.05, 4.69) is 10.1 Å². The number of Topliss-reactive ketones (excluding diaryl/α,β-unsaturated/α-hetero) is 1. The predicted octanol–water partition coefficient (Wildman–Crippen LogP) is 2.15. The normalized spacial score (nSPS) is 18.4. The molecule has 2 aromatic rings. The van der Waals surface area contributed by atoms with E-state index in [-0.39, 0.29) is 17.5 Å². The standard InChI is InChI=1S/C13H12N4O3/c18-12-6-5-11(7-12)16-8-14-13(15-16)9-1-3-10(4-2-9)17(19)20/h1-4,8,11H,5-7H2. The highest BCUT2D eigenvalue weighted by molar-refractivity contribution is 5.80. The molecule has 1 aliphatic rings. The van der Waals surface area contributed by atoms with Crippen molar-refractivity contribution >= 4 is 11.5 Å². The van der Waals surface area contributed by atoms with Gasteiger partial charge in [0.2, 0.25) is 0 Å². The number of hydrogen-bond acceptors (Lipinski definition) is 5. The van der Waals surface area contributed by atoms with Gasteiger partial charge >= 0.3 is 0 Å². The van der Waals surface area contributed by atoms with Gasteiger partial charge in [-0.3, -0.25) is 14.9 Å². The van der Waals surface area contributed by atoms with Gasteiger partial charge in [0.05, 0.1) is 11.0 Å².